The van der Waals surface area contributed by atoms with Gasteiger partial charge in [0.05, 0.1) is 37.2 Å². The number of alkyl halides is 1. The molecule has 3 aliphatic rings. The lowest BCUT2D eigenvalue weighted by Gasteiger charge is -2.41. The molecule has 0 saturated carbocycles. The molecular weight excluding hydrogens is 516 g/mol. The molecule has 0 aromatic rings. The molecule has 9 heteroatoms. The van der Waals surface area contributed by atoms with Gasteiger partial charge >= 0.3 is 5.97 Å². The van der Waals surface area contributed by atoms with Crippen LogP contribution in [0.1, 0.15) is 74.7 Å². The van der Waals surface area contributed by atoms with Crippen molar-refractivity contribution in [1.29, 1.82) is 0 Å². The van der Waals surface area contributed by atoms with Crippen LogP contribution in [0.3, 0.4) is 0 Å². The highest BCUT2D eigenvalue weighted by Crippen LogP contribution is 2.60. The first-order chi connectivity index (χ1) is 16.1. The third kappa shape index (κ3) is 5.01. The number of aliphatic hydroxyl groups is 1. The Balaban J connectivity index is 2.08. The van der Waals surface area contributed by atoms with Crippen LogP contribution in [0, 0.1) is 23.2 Å². The topological polar surface area (TPSA) is 105 Å². The maximum Gasteiger partial charge on any atom is 0.312 e. The first-order valence-corrected chi connectivity index (χ1v) is 13.8. The zero-order valence-corrected chi connectivity index (χ0v) is 24.0. The Hall–Kier alpha value is -1.19. The summed E-state index contributed by atoms with van der Waals surface area (Å²) in [6.07, 6.45) is 1.34. The van der Waals surface area contributed by atoms with Gasteiger partial charge in [-0.25, -0.2) is 0 Å². The number of fused-ring (bicyclic) bond motifs is 1. The molecule has 8 nitrogen and oxygen atoms in total. The van der Waals surface area contributed by atoms with Gasteiger partial charge in [-0.05, 0) is 44.9 Å². The lowest BCUT2D eigenvalue weighted by Crippen LogP contribution is -2.62. The second kappa shape index (κ2) is 9.93. The number of hydrogen-bond acceptors (Lipinski definition) is 6. The maximum absolute atomic E-state index is 14.1. The van der Waals surface area contributed by atoms with E-state index in [1.807, 2.05) is 27.7 Å². The van der Waals surface area contributed by atoms with Crippen LogP contribution in [0.5, 0.6) is 0 Å². The van der Waals surface area contributed by atoms with Crippen LogP contribution in [-0.4, -0.2) is 75.2 Å². The molecule has 2 N–H and O–H groups in total. The Labute approximate surface area is 218 Å². The normalized spacial score (nSPS) is 34.1. The van der Waals surface area contributed by atoms with E-state index in [2.05, 4.69) is 42.0 Å². The Kier molecular flexibility index (Phi) is 8.06. The quantitative estimate of drug-likeness (QED) is 0.333. The van der Waals surface area contributed by atoms with Crippen LogP contribution in [-0.2, 0) is 23.9 Å². The summed E-state index contributed by atoms with van der Waals surface area (Å²) in [5.41, 5.74) is -1.71. The van der Waals surface area contributed by atoms with Gasteiger partial charge in [-0.3, -0.25) is 14.4 Å². The molecule has 3 saturated heterocycles. The van der Waals surface area contributed by atoms with Gasteiger partial charge in [0.15, 0.2) is 0 Å². The fourth-order valence-corrected chi connectivity index (χ4v) is 7.76. The zero-order valence-electron chi connectivity index (χ0n) is 22.4. The van der Waals surface area contributed by atoms with Crippen molar-refractivity contribution in [1.82, 2.24) is 10.2 Å². The number of esters is 1. The number of halogens is 1. The minimum atomic E-state index is -1.16. The number of likely N-dealkylation sites (tertiary alicyclic amines) is 1. The molecule has 1 spiro atoms. The van der Waals surface area contributed by atoms with E-state index in [1.54, 1.807) is 6.92 Å². The minimum Gasteiger partial charge on any atom is -0.466 e. The Morgan fingerprint density at radius 3 is 2.43 bits per heavy atom. The van der Waals surface area contributed by atoms with E-state index in [9.17, 15) is 19.5 Å². The summed E-state index contributed by atoms with van der Waals surface area (Å²) in [4.78, 5) is 42.5. The highest BCUT2D eigenvalue weighted by atomic mass is 79.9. The van der Waals surface area contributed by atoms with Crippen LogP contribution in [0.4, 0.5) is 0 Å². The number of nitrogens with zero attached hydrogens (tertiary/aromatic N) is 1. The molecule has 3 aliphatic heterocycles. The van der Waals surface area contributed by atoms with Crippen LogP contribution in [0.25, 0.3) is 0 Å². The molecule has 200 valence electrons. The first kappa shape index (κ1) is 28.4. The molecule has 35 heavy (non-hydrogen) atoms. The van der Waals surface area contributed by atoms with Crippen molar-refractivity contribution in [3.63, 3.8) is 0 Å². The molecule has 3 rings (SSSR count). The van der Waals surface area contributed by atoms with Gasteiger partial charge in [0.1, 0.15) is 11.6 Å². The summed E-state index contributed by atoms with van der Waals surface area (Å²) in [5.74, 6) is -2.74. The maximum atomic E-state index is 14.1. The van der Waals surface area contributed by atoms with Gasteiger partial charge in [-0.2, -0.15) is 0 Å². The average Bonchev–Trinajstić information content (AvgIpc) is 3.30. The number of carbonyl (C=O) groups is 3. The Morgan fingerprint density at radius 1 is 1.29 bits per heavy atom. The third-order valence-electron chi connectivity index (χ3n) is 7.81. The van der Waals surface area contributed by atoms with Crippen LogP contribution in [0.2, 0.25) is 0 Å². The van der Waals surface area contributed by atoms with E-state index >= 15 is 0 Å². The van der Waals surface area contributed by atoms with Gasteiger partial charge in [0.2, 0.25) is 11.8 Å². The van der Waals surface area contributed by atoms with Gasteiger partial charge in [-0.1, -0.05) is 57.0 Å². The number of hydrogen-bond donors (Lipinski definition) is 2. The molecular formula is C26H43BrN2O6. The summed E-state index contributed by atoms with van der Waals surface area (Å²) < 4.78 is 11.8. The first-order valence-electron chi connectivity index (χ1n) is 12.9. The van der Waals surface area contributed by atoms with Crippen molar-refractivity contribution >= 4 is 33.7 Å². The summed E-state index contributed by atoms with van der Waals surface area (Å²) in [6, 6.07) is -1.51. The van der Waals surface area contributed by atoms with E-state index in [4.69, 9.17) is 9.47 Å². The van der Waals surface area contributed by atoms with E-state index < -0.39 is 47.1 Å². The SMILES string of the molecule is CCOC(=O)[C@H]1[C@H]2C(=O)N([C@@H](CO)[C@@H](C)CC)C(C(=O)NC(C)(C)CC(C)(C)C)C23CC(Br)[C@@H]1O3. The van der Waals surface area contributed by atoms with Crippen molar-refractivity contribution in [3.05, 3.63) is 0 Å². The van der Waals surface area contributed by atoms with Crippen LogP contribution in [0.15, 0.2) is 0 Å². The van der Waals surface area contributed by atoms with Crippen molar-refractivity contribution < 1.29 is 29.0 Å². The van der Waals surface area contributed by atoms with E-state index in [1.165, 1.54) is 4.90 Å². The molecule has 8 atom stereocenters. The second-order valence-electron chi connectivity index (χ2n) is 12.4. The minimum absolute atomic E-state index is 0.0224. The Bertz CT molecular complexity index is 842. The third-order valence-corrected chi connectivity index (χ3v) is 8.66. The molecule has 3 fully saturated rings. The predicted octanol–water partition coefficient (Wildman–Crippen LogP) is 3.04. The molecule has 3 heterocycles. The van der Waals surface area contributed by atoms with E-state index in [0.717, 1.165) is 12.8 Å². The van der Waals surface area contributed by atoms with Crippen molar-refractivity contribution in [3.8, 4) is 0 Å². The Morgan fingerprint density at radius 2 is 1.91 bits per heavy atom. The number of nitrogens with one attached hydrogen (secondary N) is 1. The molecule has 0 aliphatic carbocycles. The lowest BCUT2D eigenvalue weighted by atomic mass is 9.70. The molecule has 3 unspecified atom stereocenters. The van der Waals surface area contributed by atoms with Crippen LogP contribution < -0.4 is 5.32 Å². The van der Waals surface area contributed by atoms with Crippen LogP contribution >= 0.6 is 15.9 Å². The predicted molar refractivity (Wildman–Crippen MR) is 136 cm³/mol. The largest absolute Gasteiger partial charge is 0.466 e. The van der Waals surface area contributed by atoms with Gasteiger partial charge in [0.25, 0.3) is 0 Å². The molecule has 0 radical (unpaired) electrons. The summed E-state index contributed by atoms with van der Waals surface area (Å²) >= 11 is 3.66. The fourth-order valence-electron chi connectivity index (χ4n) is 6.82. The van der Waals surface area contributed by atoms with Crippen molar-refractivity contribution in [2.45, 2.75) is 109 Å². The van der Waals surface area contributed by atoms with Gasteiger partial charge in [-0.15, -0.1) is 0 Å². The molecule has 2 bridgehead atoms. The molecule has 0 aromatic heterocycles. The fraction of sp³-hybridized carbons (Fsp3) is 0.885. The summed E-state index contributed by atoms with van der Waals surface area (Å²) in [5, 5.41) is 13.6. The second-order valence-corrected chi connectivity index (χ2v) is 13.6. The highest BCUT2D eigenvalue weighted by Gasteiger charge is 2.77. The summed E-state index contributed by atoms with van der Waals surface area (Å²) in [7, 11) is 0. The molecule has 0 aromatic carbocycles. The van der Waals surface area contributed by atoms with Crippen molar-refractivity contribution in [2.75, 3.05) is 13.2 Å². The lowest BCUT2D eigenvalue weighted by molar-refractivity contribution is -0.155. The monoisotopic (exact) mass is 558 g/mol. The number of aliphatic hydroxyl groups excluding tert-OH is 1. The highest BCUT2D eigenvalue weighted by molar-refractivity contribution is 9.09. The summed E-state index contributed by atoms with van der Waals surface area (Å²) in [6.45, 7) is 15.9. The van der Waals surface area contributed by atoms with E-state index in [-0.39, 0.29) is 41.2 Å². The van der Waals surface area contributed by atoms with Gasteiger partial charge < -0.3 is 24.8 Å². The van der Waals surface area contributed by atoms with Gasteiger partial charge in [0, 0.05) is 10.4 Å². The standard InChI is InChI=1S/C26H43BrN2O6/c1-9-14(3)16(12-30)29-20(21(31)28-25(7,8)13-24(4,5)6)26-11-15(27)19(35-26)17(18(26)22(29)32)23(33)34-10-2/h14-20,30H,9-13H2,1-8H3,(H,28,31)/t14-,15?,16-,17-,18-,19-,20?,26?/m0/s1. The van der Waals surface area contributed by atoms with Crippen molar-refractivity contribution in [2.24, 2.45) is 23.2 Å². The number of carbonyl (C=O) groups excluding carboxylic acids is 3. The molecule has 2 amide bonds. The number of ether oxygens (including phenoxy) is 2. The zero-order chi connectivity index (χ0) is 26.5. The number of rotatable bonds is 9. The smallest absolute Gasteiger partial charge is 0.312 e. The van der Waals surface area contributed by atoms with E-state index in [0.29, 0.717) is 6.42 Å². The number of amides is 2. The average molecular weight is 560 g/mol.